The van der Waals surface area contributed by atoms with Gasteiger partial charge in [-0.3, -0.25) is 0 Å². The lowest BCUT2D eigenvalue weighted by Gasteiger charge is -1.55. The molecule has 0 saturated heterocycles. The molecule has 1 radical (unpaired) electrons. The molecule has 0 aromatic heterocycles. The molecule has 0 N–H and O–H groups in total. The van der Waals surface area contributed by atoms with Gasteiger partial charge in [-0.1, -0.05) is 35.2 Å². The molecular formula is C3H4I. The summed E-state index contributed by atoms with van der Waals surface area (Å²) in [6.45, 7) is 4.90. The predicted molar refractivity (Wildman–Crippen MR) is 27.8 cm³/mol. The molecule has 23 valence electrons. The average molecular weight is 167 g/mol. The summed E-state index contributed by atoms with van der Waals surface area (Å²) in [5.41, 5.74) is 0. The van der Waals surface area contributed by atoms with Crippen molar-refractivity contribution in [2.75, 3.05) is 4.43 Å². The lowest BCUT2D eigenvalue weighted by atomic mass is 10.8. The molecule has 0 bridgehead atoms. The van der Waals surface area contributed by atoms with Crippen LogP contribution in [0, 0.1) is 6.58 Å². The van der Waals surface area contributed by atoms with Crippen LogP contribution < -0.4 is 0 Å². The Morgan fingerprint density at radius 1 is 2.00 bits per heavy atom. The third-order valence-electron chi connectivity index (χ3n) is 0.0891. The third kappa shape index (κ3) is 2.47. The van der Waals surface area contributed by atoms with E-state index in [0.717, 1.165) is 4.43 Å². The summed E-state index contributed by atoms with van der Waals surface area (Å²) in [6.07, 6.45) is 1.61. The number of hydrogen-bond donors (Lipinski definition) is 0. The maximum atomic E-state index is 4.90. The van der Waals surface area contributed by atoms with E-state index in [0.29, 0.717) is 0 Å². The maximum Gasteiger partial charge on any atom is 0.0178 e. The summed E-state index contributed by atoms with van der Waals surface area (Å²) in [6, 6.07) is 0. The second kappa shape index (κ2) is 3.47. The summed E-state index contributed by atoms with van der Waals surface area (Å²) >= 11 is 2.17. The van der Waals surface area contributed by atoms with Gasteiger partial charge in [0, 0.05) is 4.43 Å². The van der Waals surface area contributed by atoms with Crippen molar-refractivity contribution in [1.29, 1.82) is 0 Å². The van der Waals surface area contributed by atoms with E-state index in [1.807, 2.05) is 0 Å². The van der Waals surface area contributed by atoms with Crippen molar-refractivity contribution in [1.82, 2.24) is 0 Å². The quantitative estimate of drug-likeness (QED) is 0.409. The van der Waals surface area contributed by atoms with Crippen LogP contribution in [0.4, 0.5) is 0 Å². The Morgan fingerprint density at radius 2 is 2.25 bits per heavy atom. The largest absolute Gasteiger partial charge is 0.0818 e. The minimum absolute atomic E-state index is 0.942. The predicted octanol–water partition coefficient (Wildman–Crippen LogP) is 1.41. The first-order valence-electron chi connectivity index (χ1n) is 1.01. The average Bonchev–Trinajstić information content (AvgIpc) is 1.37. The summed E-state index contributed by atoms with van der Waals surface area (Å²) in [5, 5.41) is 0. The van der Waals surface area contributed by atoms with Crippen LogP contribution in [0.3, 0.4) is 0 Å². The van der Waals surface area contributed by atoms with Crippen molar-refractivity contribution in [3.05, 3.63) is 12.7 Å². The molecule has 0 nitrogen and oxygen atoms in total. The van der Waals surface area contributed by atoms with Gasteiger partial charge in [0.25, 0.3) is 0 Å². The van der Waals surface area contributed by atoms with E-state index in [1.54, 1.807) is 6.08 Å². The second-order valence-corrected chi connectivity index (χ2v) is 1.27. The lowest BCUT2D eigenvalue weighted by molar-refractivity contribution is 1.88. The fraction of sp³-hybridized carbons (Fsp3) is 0.333. The summed E-state index contributed by atoms with van der Waals surface area (Å²) in [7, 11) is 0. The zero-order chi connectivity index (χ0) is 3.41. The summed E-state index contributed by atoms with van der Waals surface area (Å²) in [5.74, 6) is 0. The first-order valence-corrected chi connectivity index (χ1v) is 2.53. The van der Waals surface area contributed by atoms with Gasteiger partial charge in [-0.25, -0.2) is 0 Å². The summed E-state index contributed by atoms with van der Waals surface area (Å²) in [4.78, 5) is 0. The Morgan fingerprint density at radius 3 is 2.25 bits per heavy atom. The third-order valence-corrected chi connectivity index (χ3v) is 0.598. The minimum atomic E-state index is 0.942. The van der Waals surface area contributed by atoms with E-state index in [2.05, 4.69) is 22.6 Å². The van der Waals surface area contributed by atoms with E-state index in [1.165, 1.54) is 0 Å². The van der Waals surface area contributed by atoms with Crippen LogP contribution in [0.1, 0.15) is 0 Å². The van der Waals surface area contributed by atoms with Crippen LogP contribution in [0.5, 0.6) is 0 Å². The van der Waals surface area contributed by atoms with Crippen molar-refractivity contribution in [3.63, 3.8) is 0 Å². The van der Waals surface area contributed by atoms with E-state index in [4.69, 9.17) is 6.58 Å². The van der Waals surface area contributed by atoms with Gasteiger partial charge in [0.1, 0.15) is 0 Å². The first-order chi connectivity index (χ1) is 1.91. The number of rotatable bonds is 1. The van der Waals surface area contributed by atoms with Crippen molar-refractivity contribution in [2.24, 2.45) is 0 Å². The van der Waals surface area contributed by atoms with Gasteiger partial charge in [0.2, 0.25) is 0 Å². The minimum Gasteiger partial charge on any atom is -0.0818 e. The van der Waals surface area contributed by atoms with Crippen molar-refractivity contribution in [3.8, 4) is 0 Å². The topological polar surface area (TPSA) is 0 Å². The highest BCUT2D eigenvalue weighted by atomic mass is 127. The Hall–Kier alpha value is 0.470. The van der Waals surface area contributed by atoms with E-state index in [-0.39, 0.29) is 0 Å². The maximum absolute atomic E-state index is 4.90. The molecule has 0 saturated carbocycles. The Kier molecular flexibility index (Phi) is 3.88. The highest BCUT2D eigenvalue weighted by Gasteiger charge is 1.48. The molecule has 4 heavy (non-hydrogen) atoms. The molecule has 1 heteroatoms. The van der Waals surface area contributed by atoms with Crippen LogP contribution in [0.2, 0.25) is 0 Å². The molecule has 0 atom stereocenters. The number of hydrogen-bond acceptors (Lipinski definition) is 0. The Bertz CT molecular complexity index is 17.2. The SMILES string of the molecule is [CH]=CCI. The van der Waals surface area contributed by atoms with Gasteiger partial charge in [-0.05, 0) is 0 Å². The molecule has 0 aliphatic heterocycles. The zero-order valence-corrected chi connectivity index (χ0v) is 4.40. The first kappa shape index (κ1) is 4.47. The molecule has 0 fully saturated rings. The fourth-order valence-corrected chi connectivity index (χ4v) is 0. The van der Waals surface area contributed by atoms with Crippen molar-refractivity contribution >= 4 is 22.6 Å². The highest BCUT2D eigenvalue weighted by Crippen LogP contribution is 1.74. The van der Waals surface area contributed by atoms with Gasteiger partial charge < -0.3 is 0 Å². The van der Waals surface area contributed by atoms with Crippen LogP contribution in [-0.2, 0) is 0 Å². The van der Waals surface area contributed by atoms with Gasteiger partial charge in [0.05, 0.1) is 0 Å². The van der Waals surface area contributed by atoms with Gasteiger partial charge in [0.15, 0.2) is 0 Å². The molecule has 0 rings (SSSR count). The standard InChI is InChI=1S/C3H4I/c1-2-3-4/h1-2H,3H2. The summed E-state index contributed by atoms with van der Waals surface area (Å²) < 4.78 is 0.942. The molecule has 0 spiro atoms. The Balaban J connectivity index is 2.30. The fourth-order valence-electron chi connectivity index (χ4n) is 0. The van der Waals surface area contributed by atoms with E-state index < -0.39 is 0 Å². The molecule has 0 amide bonds. The normalized spacial score (nSPS) is 6.25. The van der Waals surface area contributed by atoms with E-state index >= 15 is 0 Å². The smallest absolute Gasteiger partial charge is 0.0178 e. The zero-order valence-electron chi connectivity index (χ0n) is 2.24. The monoisotopic (exact) mass is 167 g/mol. The molecular weight excluding hydrogens is 163 g/mol. The number of allylic oxidation sites excluding steroid dienone is 1. The number of halogens is 1. The van der Waals surface area contributed by atoms with Gasteiger partial charge >= 0.3 is 0 Å². The van der Waals surface area contributed by atoms with Crippen LogP contribution in [0.15, 0.2) is 6.08 Å². The van der Waals surface area contributed by atoms with Crippen molar-refractivity contribution < 1.29 is 0 Å². The Labute approximate surface area is 40.0 Å². The van der Waals surface area contributed by atoms with E-state index in [9.17, 15) is 0 Å². The molecule has 0 aromatic carbocycles. The molecule has 0 aromatic rings. The van der Waals surface area contributed by atoms with Crippen LogP contribution in [-0.4, -0.2) is 4.43 Å². The molecule has 0 heterocycles. The second-order valence-electron chi connectivity index (χ2n) is 0.390. The number of alkyl halides is 1. The van der Waals surface area contributed by atoms with Crippen LogP contribution >= 0.6 is 22.6 Å². The molecule has 0 aliphatic rings. The van der Waals surface area contributed by atoms with Crippen molar-refractivity contribution in [2.45, 2.75) is 0 Å². The van der Waals surface area contributed by atoms with Gasteiger partial charge in [-0.15, -0.1) is 0 Å². The molecule has 0 unspecified atom stereocenters. The molecule has 0 aliphatic carbocycles. The highest BCUT2D eigenvalue weighted by molar-refractivity contribution is 14.1. The van der Waals surface area contributed by atoms with Crippen LogP contribution in [0.25, 0.3) is 0 Å². The van der Waals surface area contributed by atoms with Gasteiger partial charge in [-0.2, -0.15) is 0 Å². The lowest BCUT2D eigenvalue weighted by Crippen LogP contribution is -1.43.